The first kappa shape index (κ1) is 14.8. The average molecular weight is 256 g/mol. The van der Waals surface area contributed by atoms with Crippen LogP contribution in [-0.4, -0.2) is 52.6 Å². The second-order valence-corrected chi connectivity index (χ2v) is 5.26. The molecule has 0 saturated heterocycles. The van der Waals surface area contributed by atoms with Crippen molar-refractivity contribution in [1.29, 1.82) is 0 Å². The molecule has 0 radical (unpaired) electrons. The molecule has 1 N–H and O–H groups in total. The van der Waals surface area contributed by atoms with Crippen molar-refractivity contribution in [1.82, 2.24) is 9.80 Å². The first-order valence-corrected chi connectivity index (χ1v) is 6.68. The van der Waals surface area contributed by atoms with Gasteiger partial charge in [0.1, 0.15) is 0 Å². The highest BCUT2D eigenvalue weighted by molar-refractivity contribution is 5.76. The third kappa shape index (κ3) is 3.89. The summed E-state index contributed by atoms with van der Waals surface area (Å²) in [6.45, 7) is 4.12. The van der Waals surface area contributed by atoms with E-state index in [1.807, 2.05) is 20.9 Å². The Kier molecular flexibility index (Phi) is 5.44. The molecule has 0 aromatic heterocycles. The van der Waals surface area contributed by atoms with Crippen LogP contribution < -0.4 is 0 Å². The van der Waals surface area contributed by atoms with Crippen LogP contribution in [0.15, 0.2) is 0 Å². The first-order chi connectivity index (χ1) is 8.43. The fraction of sp³-hybridized carbons (Fsp3) is 0.846. The van der Waals surface area contributed by atoms with Crippen molar-refractivity contribution in [2.24, 2.45) is 0 Å². The lowest BCUT2D eigenvalue weighted by Gasteiger charge is -2.34. The fourth-order valence-corrected chi connectivity index (χ4v) is 2.44. The predicted molar refractivity (Wildman–Crippen MR) is 69.5 cm³/mol. The normalized spacial score (nSPS) is 16.0. The Balaban J connectivity index is 2.60. The van der Waals surface area contributed by atoms with Crippen LogP contribution >= 0.6 is 0 Å². The van der Waals surface area contributed by atoms with Crippen molar-refractivity contribution >= 4 is 12.0 Å². The molecule has 0 atom stereocenters. The van der Waals surface area contributed by atoms with Gasteiger partial charge in [0.25, 0.3) is 0 Å². The lowest BCUT2D eigenvalue weighted by atomic mass is 10.2. The Morgan fingerprint density at radius 3 is 2.28 bits per heavy atom. The van der Waals surface area contributed by atoms with E-state index in [0.29, 0.717) is 6.04 Å². The molecule has 0 bridgehead atoms. The van der Waals surface area contributed by atoms with Crippen molar-refractivity contribution in [3.63, 3.8) is 0 Å². The number of hydrogen-bond donors (Lipinski definition) is 1. The number of carbonyl (C=O) groups is 2. The summed E-state index contributed by atoms with van der Waals surface area (Å²) in [4.78, 5) is 26.4. The lowest BCUT2D eigenvalue weighted by molar-refractivity contribution is -0.137. The van der Waals surface area contributed by atoms with Gasteiger partial charge >= 0.3 is 12.0 Å². The number of hydrogen-bond acceptors (Lipinski definition) is 2. The van der Waals surface area contributed by atoms with Crippen LogP contribution in [0.3, 0.4) is 0 Å². The third-order valence-electron chi connectivity index (χ3n) is 3.61. The molecule has 5 heteroatoms. The minimum Gasteiger partial charge on any atom is -0.481 e. The summed E-state index contributed by atoms with van der Waals surface area (Å²) >= 11 is 0. The van der Waals surface area contributed by atoms with Gasteiger partial charge in [0, 0.05) is 25.7 Å². The maximum Gasteiger partial charge on any atom is 0.320 e. The van der Waals surface area contributed by atoms with Crippen molar-refractivity contribution in [2.45, 2.75) is 58.0 Å². The van der Waals surface area contributed by atoms with E-state index in [0.717, 1.165) is 12.8 Å². The summed E-state index contributed by atoms with van der Waals surface area (Å²) in [6, 6.07) is 0.308. The van der Waals surface area contributed by atoms with Crippen molar-refractivity contribution in [3.05, 3.63) is 0 Å². The van der Waals surface area contributed by atoms with Gasteiger partial charge in [-0.25, -0.2) is 4.79 Å². The van der Waals surface area contributed by atoms with E-state index >= 15 is 0 Å². The molecule has 0 aromatic carbocycles. The summed E-state index contributed by atoms with van der Waals surface area (Å²) in [5, 5.41) is 8.72. The molecule has 1 aliphatic rings. The van der Waals surface area contributed by atoms with Crippen LogP contribution in [0.2, 0.25) is 0 Å². The second kappa shape index (κ2) is 6.61. The molecule has 2 amide bonds. The van der Waals surface area contributed by atoms with Crippen molar-refractivity contribution in [2.75, 3.05) is 13.6 Å². The maximum atomic E-state index is 12.3. The Hall–Kier alpha value is -1.26. The Labute approximate surface area is 109 Å². The van der Waals surface area contributed by atoms with Gasteiger partial charge < -0.3 is 14.9 Å². The van der Waals surface area contributed by atoms with E-state index in [9.17, 15) is 9.59 Å². The van der Waals surface area contributed by atoms with Crippen molar-refractivity contribution in [3.8, 4) is 0 Å². The number of amides is 2. The topological polar surface area (TPSA) is 60.9 Å². The van der Waals surface area contributed by atoms with Crippen molar-refractivity contribution < 1.29 is 14.7 Å². The van der Waals surface area contributed by atoms with Gasteiger partial charge in [-0.2, -0.15) is 0 Å². The average Bonchev–Trinajstić information content (AvgIpc) is 2.80. The van der Waals surface area contributed by atoms with E-state index in [-0.39, 0.29) is 25.0 Å². The molecular formula is C13H24N2O3. The minimum absolute atomic E-state index is 0.00241. The minimum atomic E-state index is -0.864. The number of carboxylic acids is 1. The van der Waals surface area contributed by atoms with Gasteiger partial charge in [0.2, 0.25) is 0 Å². The molecule has 0 unspecified atom stereocenters. The molecule has 0 spiro atoms. The largest absolute Gasteiger partial charge is 0.481 e. The molecular weight excluding hydrogens is 232 g/mol. The van der Waals surface area contributed by atoms with Crippen LogP contribution in [0.25, 0.3) is 0 Å². The SMILES string of the molecule is CC(C)N(CCC(=O)O)C(=O)N(C)C1CCCC1. The highest BCUT2D eigenvalue weighted by Crippen LogP contribution is 2.23. The van der Waals surface area contributed by atoms with Gasteiger partial charge in [0.05, 0.1) is 6.42 Å². The van der Waals surface area contributed by atoms with Gasteiger partial charge in [-0.3, -0.25) is 4.79 Å². The Bertz CT molecular complexity index is 299. The van der Waals surface area contributed by atoms with Crippen LogP contribution in [-0.2, 0) is 4.79 Å². The van der Waals surface area contributed by atoms with Gasteiger partial charge in [-0.05, 0) is 26.7 Å². The summed E-state index contributed by atoms with van der Waals surface area (Å²) in [5.41, 5.74) is 0. The van der Waals surface area contributed by atoms with Crippen LogP contribution in [0.1, 0.15) is 46.0 Å². The molecule has 1 fully saturated rings. The van der Waals surface area contributed by atoms with Gasteiger partial charge in [-0.1, -0.05) is 12.8 Å². The second-order valence-electron chi connectivity index (χ2n) is 5.26. The standard InChI is InChI=1S/C13H24N2O3/c1-10(2)15(9-8-12(16)17)13(18)14(3)11-6-4-5-7-11/h10-11H,4-9H2,1-3H3,(H,16,17). The molecule has 1 rings (SSSR count). The van der Waals surface area contributed by atoms with Gasteiger partial charge in [-0.15, -0.1) is 0 Å². The van der Waals surface area contributed by atoms with E-state index in [2.05, 4.69) is 0 Å². The van der Waals surface area contributed by atoms with E-state index < -0.39 is 5.97 Å². The molecule has 0 heterocycles. The highest BCUT2D eigenvalue weighted by Gasteiger charge is 2.28. The summed E-state index contributed by atoms with van der Waals surface area (Å²) in [7, 11) is 1.83. The first-order valence-electron chi connectivity index (χ1n) is 6.68. The number of urea groups is 1. The smallest absolute Gasteiger partial charge is 0.320 e. The van der Waals surface area contributed by atoms with Gasteiger partial charge in [0.15, 0.2) is 0 Å². The molecule has 1 aliphatic carbocycles. The quantitative estimate of drug-likeness (QED) is 0.820. The highest BCUT2D eigenvalue weighted by atomic mass is 16.4. The molecule has 0 aliphatic heterocycles. The van der Waals surface area contributed by atoms with Crippen LogP contribution in [0, 0.1) is 0 Å². The third-order valence-corrected chi connectivity index (χ3v) is 3.61. The van der Waals surface area contributed by atoms with E-state index in [4.69, 9.17) is 5.11 Å². The van der Waals surface area contributed by atoms with E-state index in [1.165, 1.54) is 12.8 Å². The Morgan fingerprint density at radius 1 is 1.28 bits per heavy atom. The summed E-state index contributed by atoms with van der Waals surface area (Å²) in [5.74, 6) is -0.864. The number of nitrogens with zero attached hydrogens (tertiary/aromatic N) is 2. The molecule has 1 saturated carbocycles. The monoisotopic (exact) mass is 256 g/mol. The zero-order valence-corrected chi connectivity index (χ0v) is 11.6. The summed E-state index contributed by atoms with van der Waals surface area (Å²) < 4.78 is 0. The summed E-state index contributed by atoms with van der Waals surface area (Å²) in [6.07, 6.45) is 4.49. The molecule has 5 nitrogen and oxygen atoms in total. The number of carboxylic acid groups (broad SMARTS) is 1. The lowest BCUT2D eigenvalue weighted by Crippen LogP contribution is -2.48. The van der Waals surface area contributed by atoms with Crippen LogP contribution in [0.4, 0.5) is 4.79 Å². The number of rotatable bonds is 5. The molecule has 18 heavy (non-hydrogen) atoms. The molecule has 0 aromatic rings. The Morgan fingerprint density at radius 2 is 1.83 bits per heavy atom. The maximum absolute atomic E-state index is 12.3. The fourth-order valence-electron chi connectivity index (χ4n) is 2.44. The zero-order valence-electron chi connectivity index (χ0n) is 11.6. The number of aliphatic carboxylic acids is 1. The van der Waals surface area contributed by atoms with E-state index in [1.54, 1.807) is 9.80 Å². The molecule has 104 valence electrons. The predicted octanol–water partition coefficient (Wildman–Crippen LogP) is 2.17. The van der Waals surface area contributed by atoms with Crippen LogP contribution in [0.5, 0.6) is 0 Å². The number of carbonyl (C=O) groups excluding carboxylic acids is 1. The zero-order chi connectivity index (χ0) is 13.7.